The summed E-state index contributed by atoms with van der Waals surface area (Å²) >= 11 is 3.18. The SMILES string of the molecule is [Ca+2].[c-]1cccs1.[c-]1cccs1. The Morgan fingerprint density at radius 1 is 0.818 bits per heavy atom. The molecule has 2 heterocycles. The number of hydrogen-bond acceptors (Lipinski definition) is 2. The van der Waals surface area contributed by atoms with Gasteiger partial charge in [-0.05, 0) is 0 Å². The minimum absolute atomic E-state index is 0. The molecule has 0 spiro atoms. The van der Waals surface area contributed by atoms with Crippen molar-refractivity contribution in [2.75, 3.05) is 0 Å². The van der Waals surface area contributed by atoms with Crippen molar-refractivity contribution >= 4 is 60.4 Å². The van der Waals surface area contributed by atoms with Gasteiger partial charge in [-0.3, -0.25) is 0 Å². The van der Waals surface area contributed by atoms with Crippen molar-refractivity contribution in [2.45, 2.75) is 0 Å². The Morgan fingerprint density at radius 2 is 1.27 bits per heavy atom. The van der Waals surface area contributed by atoms with E-state index in [1.165, 1.54) is 0 Å². The molecule has 0 saturated carbocycles. The van der Waals surface area contributed by atoms with Crippen LogP contribution in [0.1, 0.15) is 0 Å². The van der Waals surface area contributed by atoms with Crippen LogP contribution < -0.4 is 0 Å². The van der Waals surface area contributed by atoms with Crippen LogP contribution >= 0.6 is 22.7 Å². The summed E-state index contributed by atoms with van der Waals surface area (Å²) < 4.78 is 0. The van der Waals surface area contributed by atoms with Crippen molar-refractivity contribution in [3.8, 4) is 0 Å². The molecule has 0 nitrogen and oxygen atoms in total. The van der Waals surface area contributed by atoms with Gasteiger partial charge in [-0.2, -0.15) is 22.9 Å². The predicted molar refractivity (Wildman–Crippen MR) is 52.1 cm³/mol. The van der Waals surface area contributed by atoms with Crippen molar-refractivity contribution in [3.05, 3.63) is 45.8 Å². The Balaban J connectivity index is 0.000000167. The van der Waals surface area contributed by atoms with Crippen LogP contribution in [0.4, 0.5) is 0 Å². The number of rotatable bonds is 0. The van der Waals surface area contributed by atoms with Crippen LogP contribution in [0.15, 0.2) is 35.0 Å². The molecule has 11 heavy (non-hydrogen) atoms. The van der Waals surface area contributed by atoms with Gasteiger partial charge in [0.2, 0.25) is 0 Å². The molecule has 3 heteroatoms. The third kappa shape index (κ3) is 7.03. The van der Waals surface area contributed by atoms with Gasteiger partial charge in [0.1, 0.15) is 0 Å². The fourth-order valence-electron chi connectivity index (χ4n) is 0.393. The topological polar surface area (TPSA) is 0 Å². The average Bonchev–Trinajstić information content (AvgIpc) is 2.67. The van der Waals surface area contributed by atoms with Crippen LogP contribution in [-0.4, -0.2) is 37.7 Å². The van der Waals surface area contributed by atoms with E-state index in [9.17, 15) is 0 Å². The van der Waals surface area contributed by atoms with Gasteiger partial charge in [-0.25, -0.2) is 12.1 Å². The van der Waals surface area contributed by atoms with E-state index in [0.717, 1.165) is 0 Å². The van der Waals surface area contributed by atoms with Crippen LogP contribution in [0.25, 0.3) is 0 Å². The molecule has 0 atom stereocenters. The summed E-state index contributed by atoms with van der Waals surface area (Å²) in [4.78, 5) is 0. The van der Waals surface area contributed by atoms with E-state index in [2.05, 4.69) is 10.8 Å². The molecule has 0 aliphatic rings. The summed E-state index contributed by atoms with van der Waals surface area (Å²) in [5.74, 6) is 0. The van der Waals surface area contributed by atoms with Crippen LogP contribution in [0, 0.1) is 10.8 Å². The van der Waals surface area contributed by atoms with Crippen molar-refractivity contribution in [1.29, 1.82) is 0 Å². The first-order chi connectivity index (χ1) is 5.00. The molecule has 0 bridgehead atoms. The average molecular weight is 206 g/mol. The molecule has 2 rings (SSSR count). The molecule has 0 aromatic carbocycles. The zero-order chi connectivity index (χ0) is 7.07. The minimum atomic E-state index is 0. The van der Waals surface area contributed by atoms with Gasteiger partial charge in [0.05, 0.1) is 0 Å². The van der Waals surface area contributed by atoms with Gasteiger partial charge in [-0.1, -0.05) is 0 Å². The second-order valence-electron chi connectivity index (χ2n) is 1.46. The normalized spacial score (nSPS) is 7.27. The van der Waals surface area contributed by atoms with Gasteiger partial charge in [0.15, 0.2) is 0 Å². The Bertz CT molecular complexity index is 151. The fraction of sp³-hybridized carbons (Fsp3) is 0. The fourth-order valence-corrected chi connectivity index (χ4v) is 1.18. The smallest absolute Gasteiger partial charge is 0.304 e. The first kappa shape index (κ1) is 11.7. The summed E-state index contributed by atoms with van der Waals surface area (Å²) in [6.45, 7) is 0. The Hall–Kier alpha value is 0.660. The maximum absolute atomic E-state index is 2.90. The molecule has 0 radical (unpaired) electrons. The first-order valence-corrected chi connectivity index (χ1v) is 4.55. The first-order valence-electron chi connectivity index (χ1n) is 2.79. The van der Waals surface area contributed by atoms with E-state index in [-0.39, 0.29) is 37.7 Å². The third-order valence-corrected chi connectivity index (χ3v) is 1.89. The predicted octanol–water partition coefficient (Wildman–Crippen LogP) is 2.72. The summed E-state index contributed by atoms with van der Waals surface area (Å²) in [5, 5.41) is 9.78. The van der Waals surface area contributed by atoms with Crippen molar-refractivity contribution in [3.63, 3.8) is 0 Å². The van der Waals surface area contributed by atoms with E-state index >= 15 is 0 Å². The maximum Gasteiger partial charge on any atom is 2.00 e. The quantitative estimate of drug-likeness (QED) is 0.459. The van der Waals surface area contributed by atoms with Crippen molar-refractivity contribution in [1.82, 2.24) is 0 Å². The standard InChI is InChI=1S/2C4H3S.Ca/c2*1-2-4-5-3-1;/h2*1-3H;/q2*-1;+2. The molecule has 52 valence electrons. The maximum atomic E-state index is 2.90. The van der Waals surface area contributed by atoms with Gasteiger partial charge in [0.25, 0.3) is 0 Å². The monoisotopic (exact) mass is 206 g/mol. The van der Waals surface area contributed by atoms with Crippen molar-refractivity contribution in [2.24, 2.45) is 0 Å². The van der Waals surface area contributed by atoms with Crippen LogP contribution in [0.5, 0.6) is 0 Å². The second kappa shape index (κ2) is 8.75. The van der Waals surface area contributed by atoms with E-state index < -0.39 is 0 Å². The molecular weight excluding hydrogens is 200 g/mol. The molecule has 2 aromatic rings. The molecule has 0 fully saturated rings. The van der Waals surface area contributed by atoms with Gasteiger partial charge in [0, 0.05) is 0 Å². The molecule has 0 aliphatic heterocycles. The van der Waals surface area contributed by atoms with Gasteiger partial charge < -0.3 is 22.7 Å². The summed E-state index contributed by atoms with van der Waals surface area (Å²) in [6, 6.07) is 7.71. The molecule has 2 aromatic heterocycles. The Kier molecular flexibility index (Phi) is 9.28. The van der Waals surface area contributed by atoms with Gasteiger partial charge in [-0.15, -0.1) is 10.8 Å². The summed E-state index contributed by atoms with van der Waals surface area (Å²) in [5.41, 5.74) is 0. The largest absolute Gasteiger partial charge is 2.00 e. The molecule has 0 amide bonds. The van der Waals surface area contributed by atoms with E-state index in [1.807, 2.05) is 35.0 Å². The second-order valence-corrected chi connectivity index (χ2v) is 2.95. The summed E-state index contributed by atoms with van der Waals surface area (Å²) in [7, 11) is 0. The van der Waals surface area contributed by atoms with Crippen LogP contribution in [0.2, 0.25) is 0 Å². The van der Waals surface area contributed by atoms with Gasteiger partial charge >= 0.3 is 37.7 Å². The molecule has 0 saturated heterocycles. The van der Waals surface area contributed by atoms with Crippen molar-refractivity contribution < 1.29 is 0 Å². The minimum Gasteiger partial charge on any atom is -0.304 e. The van der Waals surface area contributed by atoms with E-state index in [4.69, 9.17) is 0 Å². The molecular formula is C8H6CaS2. The third-order valence-electron chi connectivity index (χ3n) is 0.758. The van der Waals surface area contributed by atoms with E-state index in [1.54, 1.807) is 22.7 Å². The number of hydrogen-bond donors (Lipinski definition) is 0. The van der Waals surface area contributed by atoms with Crippen LogP contribution in [0.3, 0.4) is 0 Å². The molecule has 0 unspecified atom stereocenters. The van der Waals surface area contributed by atoms with E-state index in [0.29, 0.717) is 0 Å². The zero-order valence-electron chi connectivity index (χ0n) is 5.99. The zero-order valence-corrected chi connectivity index (χ0v) is 9.83. The van der Waals surface area contributed by atoms with Crippen LogP contribution in [-0.2, 0) is 0 Å². The molecule has 0 N–H and O–H groups in total. The Morgan fingerprint density at radius 3 is 1.36 bits per heavy atom. The summed E-state index contributed by atoms with van der Waals surface area (Å²) in [6.07, 6.45) is 0. The Labute approximate surface area is 105 Å². The number of thiophene rings is 2. The molecule has 0 aliphatic carbocycles.